The van der Waals surface area contributed by atoms with Crippen molar-refractivity contribution in [3.05, 3.63) is 96.8 Å². The second kappa shape index (κ2) is 8.97. The van der Waals surface area contributed by atoms with Crippen LogP contribution < -0.4 is 10.0 Å². The number of hydrogen-bond donors (Lipinski definition) is 2. The average molecular weight is 432 g/mol. The summed E-state index contributed by atoms with van der Waals surface area (Å²) in [5.74, 6) is -0.101. The molecule has 0 bridgehead atoms. The van der Waals surface area contributed by atoms with Crippen molar-refractivity contribution in [2.24, 2.45) is 0 Å². The summed E-state index contributed by atoms with van der Waals surface area (Å²) >= 11 is 0. The van der Waals surface area contributed by atoms with Gasteiger partial charge in [-0.25, -0.2) is 8.42 Å². The maximum atomic E-state index is 12.5. The Morgan fingerprint density at radius 2 is 1.61 bits per heavy atom. The number of anilines is 2. The van der Waals surface area contributed by atoms with E-state index in [9.17, 15) is 13.2 Å². The first-order valence-corrected chi connectivity index (χ1v) is 11.3. The molecular weight excluding hydrogens is 410 g/mol. The molecule has 2 N–H and O–H groups in total. The van der Waals surface area contributed by atoms with Crippen molar-refractivity contribution in [1.82, 2.24) is 4.98 Å². The number of nitrogens with zero attached hydrogens (tertiary/aromatic N) is 1. The second-order valence-electron chi connectivity index (χ2n) is 7.10. The predicted octanol–water partition coefficient (Wildman–Crippen LogP) is 4.61. The van der Waals surface area contributed by atoms with E-state index < -0.39 is 10.0 Å². The number of amides is 1. The van der Waals surface area contributed by atoms with Gasteiger partial charge in [-0.1, -0.05) is 36.4 Å². The van der Waals surface area contributed by atoms with E-state index in [1.54, 1.807) is 60.9 Å². The van der Waals surface area contributed by atoms with Gasteiger partial charge < -0.3 is 5.32 Å². The molecule has 0 spiro atoms. The number of nitrogens with one attached hydrogen (secondary N) is 2. The van der Waals surface area contributed by atoms with Gasteiger partial charge in [-0.15, -0.1) is 0 Å². The lowest BCUT2D eigenvalue weighted by Gasteiger charge is -2.09. The number of pyridine rings is 1. The predicted molar refractivity (Wildman–Crippen MR) is 122 cm³/mol. The van der Waals surface area contributed by atoms with Crippen LogP contribution in [0.5, 0.6) is 0 Å². The van der Waals surface area contributed by atoms with Gasteiger partial charge in [0.15, 0.2) is 0 Å². The lowest BCUT2D eigenvalue weighted by atomic mass is 10.1. The molecule has 3 aromatic carbocycles. The number of para-hydroxylation sites is 1. The van der Waals surface area contributed by atoms with Crippen molar-refractivity contribution in [2.45, 2.75) is 17.7 Å². The van der Waals surface area contributed by atoms with E-state index in [4.69, 9.17) is 0 Å². The summed E-state index contributed by atoms with van der Waals surface area (Å²) in [5.41, 5.74) is 2.13. The molecule has 0 unspecified atom stereocenters. The fourth-order valence-corrected chi connectivity index (χ4v) is 4.26. The fraction of sp³-hybridized carbons (Fsp3) is 0.0833. The summed E-state index contributed by atoms with van der Waals surface area (Å²) in [4.78, 5) is 16.6. The smallest absolute Gasteiger partial charge is 0.261 e. The van der Waals surface area contributed by atoms with Crippen molar-refractivity contribution in [2.75, 3.05) is 10.0 Å². The largest absolute Gasteiger partial charge is 0.326 e. The van der Waals surface area contributed by atoms with Crippen LogP contribution in [-0.2, 0) is 21.2 Å². The molecular formula is C24H21N3O3S. The minimum Gasteiger partial charge on any atom is -0.326 e. The van der Waals surface area contributed by atoms with Crippen LogP contribution in [0.25, 0.3) is 10.8 Å². The maximum absolute atomic E-state index is 12.5. The molecule has 156 valence electrons. The highest BCUT2D eigenvalue weighted by molar-refractivity contribution is 7.92. The van der Waals surface area contributed by atoms with E-state index >= 15 is 0 Å². The van der Waals surface area contributed by atoms with Crippen LogP contribution >= 0.6 is 0 Å². The van der Waals surface area contributed by atoms with Gasteiger partial charge in [0, 0.05) is 35.6 Å². The Morgan fingerprint density at radius 1 is 0.839 bits per heavy atom. The normalized spacial score (nSPS) is 11.2. The lowest BCUT2D eigenvalue weighted by molar-refractivity contribution is -0.116. The van der Waals surface area contributed by atoms with Crippen LogP contribution in [0.3, 0.4) is 0 Å². The number of hydrogen-bond acceptors (Lipinski definition) is 4. The highest BCUT2D eigenvalue weighted by Crippen LogP contribution is 2.19. The van der Waals surface area contributed by atoms with Crippen LogP contribution in [0.4, 0.5) is 11.4 Å². The molecule has 0 aliphatic carbocycles. The van der Waals surface area contributed by atoms with E-state index in [2.05, 4.69) is 15.0 Å². The zero-order valence-corrected chi connectivity index (χ0v) is 17.5. The third kappa shape index (κ3) is 5.26. The Bertz CT molecular complexity index is 1310. The van der Waals surface area contributed by atoms with Crippen molar-refractivity contribution in [3.8, 4) is 0 Å². The monoisotopic (exact) mass is 431 g/mol. The molecule has 0 saturated heterocycles. The van der Waals surface area contributed by atoms with Crippen LogP contribution in [0, 0.1) is 0 Å². The quantitative estimate of drug-likeness (QED) is 0.447. The lowest BCUT2D eigenvalue weighted by Crippen LogP contribution is -2.13. The molecule has 0 saturated carbocycles. The van der Waals surface area contributed by atoms with E-state index in [1.807, 2.05) is 30.3 Å². The van der Waals surface area contributed by atoms with Gasteiger partial charge in [-0.05, 0) is 59.8 Å². The number of aryl methyl sites for hydroxylation is 1. The minimum absolute atomic E-state index is 0.101. The number of rotatable bonds is 7. The minimum atomic E-state index is -3.65. The molecule has 31 heavy (non-hydrogen) atoms. The fourth-order valence-electron chi connectivity index (χ4n) is 3.20. The second-order valence-corrected chi connectivity index (χ2v) is 8.78. The van der Waals surface area contributed by atoms with E-state index in [1.165, 1.54) is 0 Å². The number of carbonyl (C=O) groups excluding carboxylic acids is 1. The summed E-state index contributed by atoms with van der Waals surface area (Å²) < 4.78 is 27.5. The van der Waals surface area contributed by atoms with Crippen LogP contribution in [-0.4, -0.2) is 19.3 Å². The maximum Gasteiger partial charge on any atom is 0.261 e. The number of sulfonamides is 1. The summed E-state index contributed by atoms with van der Waals surface area (Å²) in [6, 6.07) is 22.9. The average Bonchev–Trinajstić information content (AvgIpc) is 2.78. The van der Waals surface area contributed by atoms with Gasteiger partial charge in [-0.3, -0.25) is 14.5 Å². The first kappa shape index (κ1) is 20.6. The first-order chi connectivity index (χ1) is 15.0. The molecule has 0 fully saturated rings. The summed E-state index contributed by atoms with van der Waals surface area (Å²) in [5, 5.41) is 4.92. The van der Waals surface area contributed by atoms with E-state index in [-0.39, 0.29) is 10.8 Å². The van der Waals surface area contributed by atoms with E-state index in [0.717, 1.165) is 22.0 Å². The highest BCUT2D eigenvalue weighted by atomic mass is 32.2. The zero-order chi connectivity index (χ0) is 21.7. The van der Waals surface area contributed by atoms with Gasteiger partial charge in [0.25, 0.3) is 10.0 Å². The third-order valence-electron chi connectivity index (χ3n) is 4.82. The zero-order valence-electron chi connectivity index (χ0n) is 16.7. The van der Waals surface area contributed by atoms with E-state index in [0.29, 0.717) is 18.5 Å². The number of fused-ring (bicyclic) bond motifs is 1. The Kier molecular flexibility index (Phi) is 5.95. The van der Waals surface area contributed by atoms with Crippen LogP contribution in [0.15, 0.2) is 96.2 Å². The Hall–Kier alpha value is -3.71. The molecule has 6 nitrogen and oxygen atoms in total. The summed E-state index contributed by atoms with van der Waals surface area (Å²) in [6.45, 7) is 0. The number of benzene rings is 3. The first-order valence-electron chi connectivity index (χ1n) is 9.80. The topological polar surface area (TPSA) is 88.2 Å². The van der Waals surface area contributed by atoms with Crippen LogP contribution in [0.1, 0.15) is 12.0 Å². The molecule has 7 heteroatoms. The molecule has 1 amide bonds. The van der Waals surface area contributed by atoms with Crippen molar-refractivity contribution in [1.29, 1.82) is 0 Å². The van der Waals surface area contributed by atoms with Crippen molar-refractivity contribution in [3.63, 3.8) is 0 Å². The SMILES string of the molecule is O=C(CCc1ccc(S(=O)(=O)Nc2ccccc2)cc1)Nc1ccc2cnccc2c1. The molecule has 0 atom stereocenters. The Balaban J connectivity index is 1.34. The van der Waals surface area contributed by atoms with Gasteiger partial charge in [-0.2, -0.15) is 0 Å². The molecule has 0 radical (unpaired) electrons. The van der Waals surface area contributed by atoms with Crippen molar-refractivity contribution < 1.29 is 13.2 Å². The summed E-state index contributed by atoms with van der Waals surface area (Å²) in [6.07, 6.45) is 4.30. The molecule has 1 heterocycles. The number of carbonyl (C=O) groups is 1. The molecule has 4 rings (SSSR count). The summed E-state index contributed by atoms with van der Waals surface area (Å²) in [7, 11) is -3.65. The molecule has 0 aliphatic heterocycles. The molecule has 4 aromatic rings. The Labute approximate surface area is 181 Å². The van der Waals surface area contributed by atoms with Gasteiger partial charge in [0.2, 0.25) is 5.91 Å². The molecule has 0 aliphatic rings. The molecule has 1 aromatic heterocycles. The van der Waals surface area contributed by atoms with Gasteiger partial charge in [0.1, 0.15) is 0 Å². The third-order valence-corrected chi connectivity index (χ3v) is 6.22. The number of aromatic nitrogens is 1. The highest BCUT2D eigenvalue weighted by Gasteiger charge is 2.14. The Morgan fingerprint density at radius 3 is 2.39 bits per heavy atom. The standard InChI is InChI=1S/C24H21N3O3S/c28-24(26-22-10-9-20-17-25-15-14-19(20)16-22)13-8-18-6-11-23(12-7-18)31(29,30)27-21-4-2-1-3-5-21/h1-7,9-12,14-17,27H,8,13H2,(H,26,28). The van der Waals surface area contributed by atoms with Crippen LogP contribution in [0.2, 0.25) is 0 Å². The van der Waals surface area contributed by atoms with Crippen molar-refractivity contribution >= 4 is 38.1 Å². The van der Waals surface area contributed by atoms with Gasteiger partial charge >= 0.3 is 0 Å². The van der Waals surface area contributed by atoms with Gasteiger partial charge in [0.05, 0.1) is 4.90 Å².